The fraction of sp³-hybridized carbons (Fsp3) is 0.209. The van der Waals surface area contributed by atoms with Gasteiger partial charge in [-0.05, 0) is 51.7 Å². The van der Waals surface area contributed by atoms with E-state index in [1.165, 1.54) is 73.4 Å². The van der Waals surface area contributed by atoms with Gasteiger partial charge in [-0.15, -0.1) is 23.8 Å². The molecule has 1 fully saturated rings. The summed E-state index contributed by atoms with van der Waals surface area (Å²) in [6, 6.07) is 45.4. The Labute approximate surface area is 305 Å². The first kappa shape index (κ1) is 34.5. The molecule has 0 atom stereocenters. The third kappa shape index (κ3) is 7.74. The molecule has 0 amide bonds. The molecule has 0 saturated heterocycles. The van der Waals surface area contributed by atoms with Crippen LogP contribution >= 0.6 is 11.3 Å². The molecule has 243 valence electrons. The standard InChI is InChI=1S/C29H24NS.C14H16GeN.Ir/c1-3-8-20(9-4-1)22-16-17-30-27(18-22)23-14-15-25-26-13-7-12-24(21-10-5-2-6-11-21)29(26)31-28(25)19-23;1-15(2,3)13-9-10-14(16-11-13)12-7-5-4-6-8-12;/h2,5-7,10-18,20H,1,3-4,8-9H2;4-7,9-11H,1-3H3;/q2*-1;. The number of rotatable bonds is 5. The molecule has 1 aliphatic rings. The van der Waals surface area contributed by atoms with E-state index in [9.17, 15) is 0 Å². The van der Waals surface area contributed by atoms with E-state index in [1.54, 1.807) is 0 Å². The topological polar surface area (TPSA) is 25.8 Å². The van der Waals surface area contributed by atoms with Gasteiger partial charge < -0.3 is 4.98 Å². The summed E-state index contributed by atoms with van der Waals surface area (Å²) in [5.41, 5.74) is 8.23. The van der Waals surface area contributed by atoms with Crippen LogP contribution in [0, 0.1) is 12.1 Å². The summed E-state index contributed by atoms with van der Waals surface area (Å²) >= 11 is 0.125. The van der Waals surface area contributed by atoms with Crippen LogP contribution in [0.3, 0.4) is 0 Å². The fourth-order valence-corrected chi connectivity index (χ4v) is 9.96. The minimum Gasteiger partial charge on any atom is -0.305 e. The van der Waals surface area contributed by atoms with Crippen molar-refractivity contribution in [3.8, 4) is 33.6 Å². The summed E-state index contributed by atoms with van der Waals surface area (Å²) in [5, 5.41) is 2.60. The van der Waals surface area contributed by atoms with Crippen LogP contribution in [-0.4, -0.2) is 23.2 Å². The van der Waals surface area contributed by atoms with Crippen molar-refractivity contribution in [1.82, 2.24) is 9.97 Å². The molecule has 0 unspecified atom stereocenters. The second-order valence-corrected chi connectivity index (χ2v) is 25.2. The average molecular weight is 882 g/mol. The summed E-state index contributed by atoms with van der Waals surface area (Å²) in [6.45, 7) is 0. The van der Waals surface area contributed by atoms with Gasteiger partial charge >= 0.3 is 99.8 Å². The van der Waals surface area contributed by atoms with E-state index in [0.717, 1.165) is 22.5 Å². The van der Waals surface area contributed by atoms with Gasteiger partial charge in [0.15, 0.2) is 0 Å². The van der Waals surface area contributed by atoms with Crippen molar-refractivity contribution in [2.24, 2.45) is 0 Å². The number of aromatic nitrogens is 2. The molecular formula is C43H40GeIrN2S-2. The molecule has 0 N–H and O–H groups in total. The van der Waals surface area contributed by atoms with E-state index in [0.29, 0.717) is 5.92 Å². The van der Waals surface area contributed by atoms with Gasteiger partial charge in [0.2, 0.25) is 0 Å². The third-order valence-corrected chi connectivity index (χ3v) is 14.7. The zero-order valence-corrected chi connectivity index (χ0v) is 33.1. The van der Waals surface area contributed by atoms with Crippen LogP contribution in [0.15, 0.2) is 122 Å². The predicted molar refractivity (Wildman–Crippen MR) is 204 cm³/mol. The number of hydrogen-bond donors (Lipinski definition) is 0. The molecular weight excluding hydrogens is 841 g/mol. The molecule has 3 heterocycles. The third-order valence-electron chi connectivity index (χ3n) is 9.25. The first-order valence-electron chi connectivity index (χ1n) is 16.8. The van der Waals surface area contributed by atoms with E-state index in [2.05, 4.69) is 119 Å². The smallest absolute Gasteiger partial charge is 0.0324 e. The molecule has 48 heavy (non-hydrogen) atoms. The second-order valence-electron chi connectivity index (χ2n) is 13.5. The van der Waals surface area contributed by atoms with E-state index in [4.69, 9.17) is 4.98 Å². The predicted octanol–water partition coefficient (Wildman–Crippen LogP) is 11.7. The number of fused-ring (bicyclic) bond motifs is 3. The van der Waals surface area contributed by atoms with Gasteiger partial charge in [-0.1, -0.05) is 84.8 Å². The van der Waals surface area contributed by atoms with E-state index in [1.807, 2.05) is 48.0 Å². The maximum Gasteiger partial charge on any atom is 0.0324 e. The van der Waals surface area contributed by atoms with Crippen molar-refractivity contribution in [3.63, 3.8) is 0 Å². The Hall–Kier alpha value is -3.41. The molecule has 3 aromatic heterocycles. The normalized spacial score (nSPS) is 13.5. The number of nitrogens with zero attached hydrogens (tertiary/aromatic N) is 2. The van der Waals surface area contributed by atoms with E-state index >= 15 is 0 Å². The Morgan fingerprint density at radius 2 is 1.52 bits per heavy atom. The van der Waals surface area contributed by atoms with Crippen LogP contribution < -0.4 is 4.40 Å². The van der Waals surface area contributed by atoms with Gasteiger partial charge in [0.25, 0.3) is 0 Å². The van der Waals surface area contributed by atoms with Crippen LogP contribution in [0.5, 0.6) is 0 Å². The summed E-state index contributed by atoms with van der Waals surface area (Å²) in [7, 11) is 0. The van der Waals surface area contributed by atoms with Crippen LogP contribution in [-0.2, 0) is 20.1 Å². The molecule has 0 aliphatic heterocycles. The summed E-state index contributed by atoms with van der Waals surface area (Å²) < 4.78 is 3.99. The van der Waals surface area contributed by atoms with Gasteiger partial charge in [-0.2, -0.15) is 11.3 Å². The van der Waals surface area contributed by atoms with Gasteiger partial charge in [0.1, 0.15) is 0 Å². The Morgan fingerprint density at radius 1 is 0.708 bits per heavy atom. The molecule has 1 aliphatic carbocycles. The maximum atomic E-state index is 4.70. The van der Waals surface area contributed by atoms with Crippen LogP contribution in [0.25, 0.3) is 53.8 Å². The largest absolute Gasteiger partial charge is 0.305 e. The Kier molecular flexibility index (Phi) is 11.1. The van der Waals surface area contributed by atoms with Crippen molar-refractivity contribution in [1.29, 1.82) is 0 Å². The fourth-order valence-electron chi connectivity index (χ4n) is 6.56. The number of thiophene rings is 1. The van der Waals surface area contributed by atoms with Crippen LogP contribution in [0.4, 0.5) is 0 Å². The first-order valence-corrected chi connectivity index (χ1v) is 24.9. The maximum absolute atomic E-state index is 4.70. The average Bonchev–Trinajstić information content (AvgIpc) is 3.51. The zero-order valence-electron chi connectivity index (χ0n) is 27.8. The SMILES string of the molecule is [CH3][Ge]([CH3])([CH3])[c]1ccc(-c2[c-]cccc2)nc1.[Ir].[c-]1c(-c2cc(C3CCCCC3)ccn2)ccc2c1sc1c(-c3ccccc3)cccc12. The summed E-state index contributed by atoms with van der Waals surface area (Å²) in [4.78, 5) is 9.23. The second kappa shape index (κ2) is 15.4. The van der Waals surface area contributed by atoms with Gasteiger partial charge in [-0.25, -0.2) is 0 Å². The van der Waals surface area contributed by atoms with Crippen LogP contribution in [0.2, 0.25) is 17.3 Å². The molecule has 1 radical (unpaired) electrons. The number of benzene rings is 4. The molecule has 7 aromatic rings. The van der Waals surface area contributed by atoms with Crippen molar-refractivity contribution in [2.75, 3.05) is 0 Å². The first-order chi connectivity index (χ1) is 22.9. The van der Waals surface area contributed by atoms with E-state index < -0.39 is 13.3 Å². The van der Waals surface area contributed by atoms with Crippen molar-refractivity contribution >= 4 is 49.2 Å². The summed E-state index contributed by atoms with van der Waals surface area (Å²) in [6.07, 6.45) is 10.7. The molecule has 4 aromatic carbocycles. The van der Waals surface area contributed by atoms with Gasteiger partial charge in [0.05, 0.1) is 0 Å². The van der Waals surface area contributed by atoms with Crippen molar-refractivity contribution in [3.05, 3.63) is 139 Å². The minimum absolute atomic E-state index is 0. The van der Waals surface area contributed by atoms with Gasteiger partial charge in [-0.3, -0.25) is 0 Å². The molecule has 2 nitrogen and oxygen atoms in total. The van der Waals surface area contributed by atoms with E-state index in [-0.39, 0.29) is 20.1 Å². The molecule has 5 heteroatoms. The molecule has 0 spiro atoms. The number of pyridine rings is 2. The minimum atomic E-state index is -1.72. The molecule has 1 saturated carbocycles. The van der Waals surface area contributed by atoms with Crippen molar-refractivity contribution in [2.45, 2.75) is 55.3 Å². The molecule has 8 rings (SSSR count). The Morgan fingerprint density at radius 3 is 2.25 bits per heavy atom. The Balaban J connectivity index is 0.000000201. The Bertz CT molecular complexity index is 2100. The molecule has 0 bridgehead atoms. The number of hydrogen-bond acceptors (Lipinski definition) is 3. The van der Waals surface area contributed by atoms with Crippen LogP contribution in [0.1, 0.15) is 43.6 Å². The summed E-state index contributed by atoms with van der Waals surface area (Å²) in [5.74, 6) is 7.83. The van der Waals surface area contributed by atoms with Crippen molar-refractivity contribution < 1.29 is 20.1 Å². The van der Waals surface area contributed by atoms with Gasteiger partial charge in [0, 0.05) is 31.0 Å². The zero-order chi connectivity index (χ0) is 32.2. The quantitative estimate of drug-likeness (QED) is 0.127. The monoisotopic (exact) mass is 883 g/mol.